The molecule has 1 amide bonds. The summed E-state index contributed by atoms with van der Waals surface area (Å²) in [6.45, 7) is 0.432. The molecular formula is C18H14Cl2FN3O. The van der Waals surface area contributed by atoms with Gasteiger partial charge in [0.1, 0.15) is 5.82 Å². The zero-order chi connectivity index (χ0) is 17.8. The van der Waals surface area contributed by atoms with Crippen LogP contribution in [0, 0.1) is 5.82 Å². The smallest absolute Gasteiger partial charge is 0.244 e. The normalized spacial score (nSPS) is 11.3. The molecule has 0 saturated heterocycles. The number of carbonyl (C=O) groups excluding carboxylic acids is 1. The molecule has 7 heteroatoms. The molecule has 0 aliphatic carbocycles. The van der Waals surface area contributed by atoms with Gasteiger partial charge in [-0.2, -0.15) is 0 Å². The summed E-state index contributed by atoms with van der Waals surface area (Å²) < 4.78 is 14.6. The number of aromatic nitrogens is 2. The van der Waals surface area contributed by atoms with Crippen molar-refractivity contribution >= 4 is 40.8 Å². The van der Waals surface area contributed by atoms with E-state index in [-0.39, 0.29) is 11.7 Å². The number of pyridine rings is 1. The van der Waals surface area contributed by atoms with Gasteiger partial charge in [0, 0.05) is 31.4 Å². The van der Waals surface area contributed by atoms with E-state index >= 15 is 0 Å². The summed E-state index contributed by atoms with van der Waals surface area (Å²) in [5, 5.41) is 3.78. The van der Waals surface area contributed by atoms with Crippen molar-refractivity contribution in [1.29, 1.82) is 0 Å². The van der Waals surface area contributed by atoms with Crippen molar-refractivity contribution in [2.45, 2.75) is 6.42 Å². The Hall–Kier alpha value is -2.37. The van der Waals surface area contributed by atoms with Crippen LogP contribution in [0.4, 0.5) is 4.39 Å². The second-order valence-corrected chi connectivity index (χ2v) is 6.24. The van der Waals surface area contributed by atoms with Crippen LogP contribution in [-0.2, 0) is 11.2 Å². The van der Waals surface area contributed by atoms with E-state index in [1.807, 2.05) is 6.20 Å². The minimum atomic E-state index is -0.310. The zero-order valence-electron chi connectivity index (χ0n) is 13.0. The van der Waals surface area contributed by atoms with Crippen LogP contribution in [0.2, 0.25) is 10.0 Å². The first-order chi connectivity index (χ1) is 12.0. The third-order valence-corrected chi connectivity index (χ3v) is 3.99. The monoisotopic (exact) mass is 377 g/mol. The number of amides is 1. The van der Waals surface area contributed by atoms with E-state index in [1.165, 1.54) is 18.2 Å². The van der Waals surface area contributed by atoms with Gasteiger partial charge in [-0.3, -0.25) is 4.79 Å². The molecule has 0 radical (unpaired) electrons. The Morgan fingerprint density at radius 3 is 2.76 bits per heavy atom. The molecule has 0 aliphatic heterocycles. The number of hydrogen-bond acceptors (Lipinski definition) is 2. The number of halogens is 3. The van der Waals surface area contributed by atoms with E-state index in [4.69, 9.17) is 23.2 Å². The molecule has 25 heavy (non-hydrogen) atoms. The third kappa shape index (κ3) is 4.59. The van der Waals surface area contributed by atoms with Crippen LogP contribution in [0.3, 0.4) is 0 Å². The number of nitrogens with zero attached hydrogens (tertiary/aromatic N) is 2. The van der Waals surface area contributed by atoms with Gasteiger partial charge < -0.3 is 9.72 Å². The molecule has 1 N–H and O–H groups in total. The Morgan fingerprint density at radius 2 is 2.00 bits per heavy atom. The van der Waals surface area contributed by atoms with Gasteiger partial charge in [0.05, 0.1) is 15.7 Å². The fraction of sp³-hybridized carbons (Fsp3) is 0.111. The van der Waals surface area contributed by atoms with Crippen molar-refractivity contribution in [2.75, 3.05) is 6.54 Å². The van der Waals surface area contributed by atoms with E-state index in [2.05, 4.69) is 10.3 Å². The van der Waals surface area contributed by atoms with Crippen molar-refractivity contribution < 1.29 is 9.18 Å². The van der Waals surface area contributed by atoms with Crippen LogP contribution in [-0.4, -0.2) is 21.8 Å². The molecular weight excluding hydrogens is 364 g/mol. The predicted molar refractivity (Wildman–Crippen MR) is 97.4 cm³/mol. The summed E-state index contributed by atoms with van der Waals surface area (Å²) in [4.78, 5) is 16.2. The molecule has 0 saturated carbocycles. The van der Waals surface area contributed by atoms with Gasteiger partial charge in [-0.1, -0.05) is 35.3 Å². The molecule has 0 aliphatic rings. The number of hydrogen-bond donors (Lipinski definition) is 1. The maximum atomic E-state index is 12.8. The number of nitrogens with one attached hydrogen (secondary N) is 1. The van der Waals surface area contributed by atoms with Crippen molar-refractivity contribution in [3.63, 3.8) is 0 Å². The molecule has 2 aromatic heterocycles. The molecule has 0 bridgehead atoms. The Balaban J connectivity index is 1.54. The van der Waals surface area contributed by atoms with Crippen molar-refractivity contribution in [2.24, 2.45) is 0 Å². The highest BCUT2D eigenvalue weighted by molar-refractivity contribution is 6.36. The molecule has 0 spiro atoms. The molecule has 4 nitrogen and oxygen atoms in total. The van der Waals surface area contributed by atoms with Gasteiger partial charge in [0.2, 0.25) is 5.91 Å². The highest BCUT2D eigenvalue weighted by atomic mass is 35.5. The van der Waals surface area contributed by atoms with Crippen molar-refractivity contribution in [1.82, 2.24) is 14.7 Å². The Morgan fingerprint density at radius 1 is 1.24 bits per heavy atom. The van der Waals surface area contributed by atoms with Crippen LogP contribution in [0.1, 0.15) is 11.3 Å². The van der Waals surface area contributed by atoms with Crippen molar-refractivity contribution in [3.8, 4) is 0 Å². The van der Waals surface area contributed by atoms with Gasteiger partial charge in [0.15, 0.2) is 5.65 Å². The first-order valence-electron chi connectivity index (χ1n) is 7.55. The topological polar surface area (TPSA) is 46.4 Å². The highest BCUT2D eigenvalue weighted by Gasteiger charge is 2.07. The number of fused-ring (bicyclic) bond motifs is 1. The summed E-state index contributed by atoms with van der Waals surface area (Å²) >= 11 is 12.1. The molecule has 0 atom stereocenters. The lowest BCUT2D eigenvalue weighted by Gasteiger charge is -1.99. The Labute approximate surface area is 153 Å². The number of benzene rings is 1. The van der Waals surface area contributed by atoms with Gasteiger partial charge >= 0.3 is 0 Å². The summed E-state index contributed by atoms with van der Waals surface area (Å²) in [6, 6.07) is 7.53. The molecule has 0 fully saturated rings. The largest absolute Gasteiger partial charge is 0.352 e. The van der Waals surface area contributed by atoms with Crippen molar-refractivity contribution in [3.05, 3.63) is 75.9 Å². The Kier molecular flexibility index (Phi) is 5.36. The fourth-order valence-corrected chi connectivity index (χ4v) is 2.84. The SMILES string of the molecule is O=C(/C=C/c1ccc(F)cc1)NCCc1cn2cc(Cl)cc(Cl)c2n1. The van der Waals surface area contributed by atoms with E-state index in [0.717, 1.165) is 11.3 Å². The fourth-order valence-electron chi connectivity index (χ4n) is 2.31. The second kappa shape index (κ2) is 7.68. The highest BCUT2D eigenvalue weighted by Crippen LogP contribution is 2.21. The molecule has 128 valence electrons. The van der Waals surface area contributed by atoms with Gasteiger partial charge in [-0.05, 0) is 29.8 Å². The summed E-state index contributed by atoms with van der Waals surface area (Å²) in [6.07, 6.45) is 7.15. The average molecular weight is 378 g/mol. The maximum absolute atomic E-state index is 12.8. The van der Waals surface area contributed by atoms with Crippen LogP contribution in [0.5, 0.6) is 0 Å². The summed E-state index contributed by atoms with van der Waals surface area (Å²) in [7, 11) is 0. The van der Waals surface area contributed by atoms with Crippen LogP contribution >= 0.6 is 23.2 Å². The van der Waals surface area contributed by atoms with E-state index in [0.29, 0.717) is 28.7 Å². The maximum Gasteiger partial charge on any atom is 0.244 e. The van der Waals surface area contributed by atoms with Gasteiger partial charge in [-0.15, -0.1) is 0 Å². The minimum absolute atomic E-state index is 0.228. The molecule has 2 heterocycles. The van der Waals surface area contributed by atoms with Crippen LogP contribution < -0.4 is 5.32 Å². The van der Waals surface area contributed by atoms with Crippen LogP contribution in [0.25, 0.3) is 11.7 Å². The molecule has 3 rings (SSSR count). The zero-order valence-corrected chi connectivity index (χ0v) is 14.6. The number of imidazole rings is 1. The lowest BCUT2D eigenvalue weighted by molar-refractivity contribution is -0.116. The van der Waals surface area contributed by atoms with E-state index in [1.54, 1.807) is 34.9 Å². The van der Waals surface area contributed by atoms with Gasteiger partial charge in [0.25, 0.3) is 0 Å². The first kappa shape index (κ1) is 17.5. The Bertz CT molecular complexity index is 935. The lowest BCUT2D eigenvalue weighted by atomic mass is 10.2. The van der Waals surface area contributed by atoms with Crippen LogP contribution in [0.15, 0.2) is 48.8 Å². The third-order valence-electron chi connectivity index (χ3n) is 3.50. The first-order valence-corrected chi connectivity index (χ1v) is 8.31. The van der Waals surface area contributed by atoms with Gasteiger partial charge in [-0.25, -0.2) is 9.37 Å². The number of carbonyl (C=O) groups is 1. The van der Waals surface area contributed by atoms with E-state index in [9.17, 15) is 9.18 Å². The molecule has 1 aromatic carbocycles. The summed E-state index contributed by atoms with van der Waals surface area (Å²) in [5.74, 6) is -0.537. The average Bonchev–Trinajstić information content (AvgIpc) is 2.97. The lowest BCUT2D eigenvalue weighted by Crippen LogP contribution is -2.23. The molecule has 3 aromatic rings. The molecule has 0 unspecified atom stereocenters. The van der Waals surface area contributed by atoms with E-state index < -0.39 is 0 Å². The quantitative estimate of drug-likeness (QED) is 0.678. The second-order valence-electron chi connectivity index (χ2n) is 5.40. The minimum Gasteiger partial charge on any atom is -0.352 e. The standard InChI is InChI=1S/C18H14Cl2FN3O/c19-13-9-16(20)18-23-15(11-24(18)10-13)7-8-22-17(25)6-3-12-1-4-14(21)5-2-12/h1-6,9-11H,7-8H2,(H,22,25)/b6-3+. The predicted octanol–water partition coefficient (Wildman–Crippen LogP) is 4.15. The summed E-state index contributed by atoms with van der Waals surface area (Å²) in [5.41, 5.74) is 2.18. The number of rotatable bonds is 5.